The molecule has 0 saturated carbocycles. The van der Waals surface area contributed by atoms with Crippen molar-refractivity contribution in [2.45, 2.75) is 19.6 Å². The summed E-state index contributed by atoms with van der Waals surface area (Å²) in [4.78, 5) is 21.3. The fraction of sp³-hybridized carbons (Fsp3) is 0.357. The molecular formula is C14H20N5O2Si-. The Morgan fingerprint density at radius 1 is 1.45 bits per heavy atom. The van der Waals surface area contributed by atoms with Gasteiger partial charge >= 0.3 is 129 Å². The van der Waals surface area contributed by atoms with E-state index in [4.69, 9.17) is 10.6 Å². The third-order valence-corrected chi connectivity index (χ3v) is 4.02. The average Bonchev–Trinajstić information content (AvgIpc) is 2.83. The number of nitrogen functional groups attached to an aromatic ring is 1. The van der Waals surface area contributed by atoms with Gasteiger partial charge in [-0.2, -0.15) is 0 Å². The van der Waals surface area contributed by atoms with Crippen molar-refractivity contribution in [2.24, 2.45) is 0 Å². The number of nitrogens with two attached hydrogens (primary N) is 1. The zero-order chi connectivity index (χ0) is 16.5. The Bertz CT molecular complexity index is 782. The van der Waals surface area contributed by atoms with Crippen LogP contribution in [0.4, 0.5) is 5.82 Å². The molecule has 0 aliphatic carbocycles. The molecule has 0 radical (unpaired) electrons. The average molecular weight is 318 g/mol. The van der Waals surface area contributed by atoms with E-state index >= 15 is 0 Å². The first-order valence-electron chi connectivity index (χ1n) is 6.99. The summed E-state index contributed by atoms with van der Waals surface area (Å²) in [5.74, 6) is 3.02. The van der Waals surface area contributed by atoms with Crippen LogP contribution >= 0.6 is 0 Å². The van der Waals surface area contributed by atoms with Gasteiger partial charge in [0.1, 0.15) is 0 Å². The molecule has 1 amide bonds. The van der Waals surface area contributed by atoms with Crippen LogP contribution in [0, 0.1) is 11.5 Å². The standard InChI is InChI=1S/C14H20N5O2Si/c1-18(21-2)14(20)11-8-10(6-7-22(3,4)5)19-12(11)13(15)16-9-17-19/h8-9,22H,1-5H3,(H2,15,16,17)/q-1. The second-order valence-electron chi connectivity index (χ2n) is 6.20. The maximum absolute atomic E-state index is 12.4. The maximum atomic E-state index is 12.4. The van der Waals surface area contributed by atoms with E-state index in [1.54, 1.807) is 10.6 Å². The van der Waals surface area contributed by atoms with E-state index in [2.05, 4.69) is 41.2 Å². The summed E-state index contributed by atoms with van der Waals surface area (Å²) in [7, 11) is 1.11. The van der Waals surface area contributed by atoms with E-state index in [1.807, 2.05) is 0 Å². The van der Waals surface area contributed by atoms with Crippen molar-refractivity contribution in [3.05, 3.63) is 23.7 Å². The third kappa shape index (κ3) is 3.10. The first-order chi connectivity index (χ1) is 10.2. The summed E-state index contributed by atoms with van der Waals surface area (Å²) in [6.45, 7) is 6.51. The summed E-state index contributed by atoms with van der Waals surface area (Å²) >= 11 is 0. The van der Waals surface area contributed by atoms with Crippen LogP contribution in [0.1, 0.15) is 16.1 Å². The molecule has 0 aliphatic heterocycles. The molecule has 0 fully saturated rings. The number of hydroxylamine groups is 2. The van der Waals surface area contributed by atoms with Gasteiger partial charge in [-0.15, -0.1) is 0 Å². The summed E-state index contributed by atoms with van der Waals surface area (Å²) in [6, 6.07) is 1.68. The number of rotatable bonds is 2. The first kappa shape index (κ1) is 16.0. The number of aromatic nitrogens is 3. The number of anilines is 1. The number of fused-ring (bicyclic) bond motifs is 1. The van der Waals surface area contributed by atoms with Crippen LogP contribution in [0.15, 0.2) is 12.4 Å². The summed E-state index contributed by atoms with van der Waals surface area (Å²) in [5.41, 5.74) is 10.6. The summed E-state index contributed by atoms with van der Waals surface area (Å²) in [6.07, 6.45) is 1.35. The number of hydrogen-bond acceptors (Lipinski definition) is 5. The Morgan fingerprint density at radius 2 is 2.14 bits per heavy atom. The van der Waals surface area contributed by atoms with Gasteiger partial charge in [0.2, 0.25) is 0 Å². The molecule has 2 rings (SSSR count). The molecule has 22 heavy (non-hydrogen) atoms. The Labute approximate surface area is 130 Å². The molecule has 0 unspecified atom stereocenters. The van der Waals surface area contributed by atoms with Gasteiger partial charge in [-0.25, -0.2) is 0 Å². The number of amides is 1. The number of hydrogen-bond donors (Lipinski definition) is 1. The Kier molecular flexibility index (Phi) is 4.21. The van der Waals surface area contributed by atoms with E-state index in [-0.39, 0.29) is 11.7 Å². The van der Waals surface area contributed by atoms with Gasteiger partial charge in [-0.05, 0) is 0 Å². The van der Waals surface area contributed by atoms with Crippen molar-refractivity contribution >= 4 is 25.3 Å². The molecule has 0 aliphatic rings. The van der Waals surface area contributed by atoms with Gasteiger partial charge in [-0.1, -0.05) is 0 Å². The molecule has 2 N–H and O–H groups in total. The van der Waals surface area contributed by atoms with E-state index in [0.29, 0.717) is 16.8 Å². The van der Waals surface area contributed by atoms with Crippen LogP contribution in [0.5, 0.6) is 0 Å². The van der Waals surface area contributed by atoms with Gasteiger partial charge in [-0.3, -0.25) is 0 Å². The number of carbonyl (C=O) groups is 1. The monoisotopic (exact) mass is 318 g/mol. The van der Waals surface area contributed by atoms with E-state index in [0.717, 1.165) is 5.06 Å². The van der Waals surface area contributed by atoms with Crippen molar-refractivity contribution in [1.29, 1.82) is 0 Å². The normalized spacial score (nSPS) is 11.9. The van der Waals surface area contributed by atoms with Crippen molar-refractivity contribution < 1.29 is 9.63 Å². The number of nitrogens with zero attached hydrogens (tertiary/aromatic N) is 4. The van der Waals surface area contributed by atoms with E-state index < -0.39 is 8.07 Å². The fourth-order valence-corrected chi connectivity index (χ4v) is 2.44. The first-order valence-corrected chi connectivity index (χ1v) is 11.0. The SMILES string of the molecule is CON(C)C(=O)c1cc(C#C[SiH-](C)(C)C)n2ncnc(N)c12. The van der Waals surface area contributed by atoms with Crippen molar-refractivity contribution in [1.82, 2.24) is 19.7 Å². The second-order valence-corrected chi connectivity index (χ2v) is 11.7. The van der Waals surface area contributed by atoms with Crippen molar-refractivity contribution in [3.63, 3.8) is 0 Å². The van der Waals surface area contributed by atoms with Gasteiger partial charge < -0.3 is 0 Å². The van der Waals surface area contributed by atoms with Crippen LogP contribution in [-0.4, -0.2) is 47.8 Å². The summed E-state index contributed by atoms with van der Waals surface area (Å²) < 4.78 is 1.55. The topological polar surface area (TPSA) is 85.8 Å². The van der Waals surface area contributed by atoms with Crippen LogP contribution in [0.2, 0.25) is 19.6 Å². The summed E-state index contributed by atoms with van der Waals surface area (Å²) in [5, 5.41) is 5.29. The molecule has 0 aromatic carbocycles. The number of carbonyl (C=O) groups excluding carboxylic acids is 1. The van der Waals surface area contributed by atoms with Gasteiger partial charge in [0.15, 0.2) is 0 Å². The van der Waals surface area contributed by atoms with Crippen LogP contribution in [0.25, 0.3) is 5.52 Å². The Balaban J connectivity index is 2.68. The molecule has 8 heteroatoms. The van der Waals surface area contributed by atoms with Gasteiger partial charge in [0.05, 0.1) is 0 Å². The van der Waals surface area contributed by atoms with Crippen LogP contribution in [0.3, 0.4) is 0 Å². The van der Waals surface area contributed by atoms with Gasteiger partial charge in [0, 0.05) is 0 Å². The molecule has 118 valence electrons. The molecule has 2 aromatic heterocycles. The molecule has 2 heterocycles. The van der Waals surface area contributed by atoms with Crippen molar-refractivity contribution in [2.75, 3.05) is 19.9 Å². The zero-order valence-electron chi connectivity index (χ0n) is 13.4. The molecule has 2 aromatic rings. The van der Waals surface area contributed by atoms with Gasteiger partial charge in [0.25, 0.3) is 0 Å². The Hall–Kier alpha value is -2.37. The second kappa shape index (κ2) is 5.79. The Morgan fingerprint density at radius 3 is 2.73 bits per heavy atom. The van der Waals surface area contributed by atoms with Crippen LogP contribution < -0.4 is 5.73 Å². The van der Waals surface area contributed by atoms with Crippen molar-refractivity contribution in [3.8, 4) is 11.5 Å². The minimum absolute atomic E-state index is 0.228. The zero-order valence-corrected chi connectivity index (χ0v) is 14.6. The molecule has 0 bridgehead atoms. The van der Waals surface area contributed by atoms with Crippen LogP contribution in [-0.2, 0) is 4.84 Å². The van der Waals surface area contributed by atoms with E-state index in [9.17, 15) is 4.79 Å². The molecule has 0 spiro atoms. The third-order valence-electron chi connectivity index (χ3n) is 3.01. The minimum atomic E-state index is -1.83. The molecule has 7 nitrogen and oxygen atoms in total. The predicted molar refractivity (Wildman–Crippen MR) is 88.1 cm³/mol. The predicted octanol–water partition coefficient (Wildman–Crippen LogP) is 0.906. The van der Waals surface area contributed by atoms with E-state index in [1.165, 1.54) is 20.5 Å². The molecular weight excluding hydrogens is 298 g/mol. The fourth-order valence-electron chi connectivity index (χ4n) is 1.86. The molecule has 0 atom stereocenters. The quantitative estimate of drug-likeness (QED) is 0.505. The molecule has 0 saturated heterocycles.